The van der Waals surface area contributed by atoms with E-state index < -0.39 is 138 Å². The molecule has 25 N–H and O–H groups in total. The van der Waals surface area contributed by atoms with Crippen molar-refractivity contribution in [3.8, 4) is 0 Å². The summed E-state index contributed by atoms with van der Waals surface area (Å²) in [5.74, 6) is -11.7. The number of H-pyrrole nitrogens is 2. The van der Waals surface area contributed by atoms with Gasteiger partial charge < -0.3 is 103 Å². The van der Waals surface area contributed by atoms with E-state index in [9.17, 15) is 57.8 Å². The van der Waals surface area contributed by atoms with Gasteiger partial charge in [-0.1, -0.05) is 185 Å². The predicted octanol–water partition coefficient (Wildman–Crippen LogP) is 4.31. The average molecular weight is 1630 g/mol. The molecule has 0 spiro atoms. The third-order valence-corrected chi connectivity index (χ3v) is 20.6. The normalized spacial score (nSPS) is 14.1. The van der Waals surface area contributed by atoms with Crippen molar-refractivity contribution < 1.29 is 62.6 Å². The van der Waals surface area contributed by atoms with Crippen LogP contribution in [0.25, 0.3) is 21.8 Å². The van der Waals surface area contributed by atoms with Crippen molar-refractivity contribution in [2.75, 3.05) is 19.6 Å². The Bertz CT molecular complexity index is 4040. The van der Waals surface area contributed by atoms with Crippen molar-refractivity contribution in [3.63, 3.8) is 0 Å². The minimum absolute atomic E-state index is 0.00723. The monoisotopic (exact) mass is 1630 g/mol. The molecule has 2 aromatic heterocycles. The number of aliphatic carboxylic acids is 1. The van der Waals surface area contributed by atoms with E-state index in [2.05, 4.69) is 80.0 Å². The smallest absolute Gasteiger partial charge is 0.305 e. The first-order chi connectivity index (χ1) is 56.0. The van der Waals surface area contributed by atoms with Crippen LogP contribution in [-0.4, -0.2) is 178 Å². The van der Waals surface area contributed by atoms with Crippen LogP contribution in [0.2, 0.25) is 0 Å². The highest BCUT2D eigenvalue weighted by molar-refractivity contribution is 6.00. The fourth-order valence-corrected chi connectivity index (χ4v) is 13.8. The topological polar surface area (TPSA) is 558 Å². The molecule has 5 rings (SSSR count). The average Bonchev–Trinajstić information content (AvgIpc) is 1.69. The number of rotatable bonds is 58. The Labute approximate surface area is 686 Å². The van der Waals surface area contributed by atoms with E-state index in [1.54, 1.807) is 69.6 Å². The lowest BCUT2D eigenvalue weighted by atomic mass is 9.97. The number of hydrogen-bond donors (Lipinski definition) is 19. The third kappa shape index (κ3) is 35.5. The molecule has 0 fully saturated rings. The molecule has 117 heavy (non-hydrogen) atoms. The van der Waals surface area contributed by atoms with Gasteiger partial charge in [0.2, 0.25) is 65.0 Å². The number of benzene rings is 3. The number of carbonyl (C=O) groups excluding carboxylic acids is 11. The number of aromatic amines is 2. The Hall–Kier alpha value is -11.1. The zero-order valence-corrected chi connectivity index (χ0v) is 69.0. The minimum Gasteiger partial charge on any atom is -0.481 e. The largest absolute Gasteiger partial charge is 0.481 e. The first-order valence-corrected chi connectivity index (χ1v) is 41.5. The van der Waals surface area contributed by atoms with E-state index in [0.29, 0.717) is 46.9 Å². The zero-order valence-electron chi connectivity index (χ0n) is 69.0. The molecule has 0 aliphatic rings. The first-order valence-electron chi connectivity index (χ1n) is 41.5. The predicted molar refractivity (Wildman–Crippen MR) is 453 cm³/mol. The molecule has 33 nitrogen and oxygen atoms in total. The van der Waals surface area contributed by atoms with Crippen LogP contribution in [0.4, 0.5) is 0 Å². The number of hydrogen-bond acceptors (Lipinski definition) is 15. The van der Waals surface area contributed by atoms with Crippen LogP contribution in [-0.2, 0) is 76.8 Å². The number of amides is 11. The molecule has 644 valence electrons. The number of aromatic nitrogens is 2. The number of carboxylic acid groups (broad SMARTS) is 1. The Morgan fingerprint density at radius 3 is 1.27 bits per heavy atom. The van der Waals surface area contributed by atoms with E-state index in [-0.39, 0.29) is 114 Å². The molecule has 0 unspecified atom stereocenters. The van der Waals surface area contributed by atoms with Crippen LogP contribution < -0.4 is 87.6 Å². The standard InChI is InChI=1S/C84H130N20O13/c1-7-9-10-11-12-13-14-15-16-17-18-19-23-41-70(105)96-67(47-56-50-93-60-36-26-24-34-58(56)60)80(115)103-69(49-71(106)107)81(116)99-64(40-31-44-92-84(89)90)77(112)101-65(45-52(3)4)79(114)98-63(39-30-43-91-83(87)88)75(110)97-62(38-28-29-42-85)76(111)102-68(48-57-51-94-61-37-27-25-35-59(57)61)78(113)95-54(6)74(109)100-66(46-55-32-21-20-22-33-55)82(117)104-72(73(86)108)53(5)8-2/h20-22,24-27,32-37,50-54,62-69,72,93-94H,7-19,23,28-31,38-49,85H2,1-6H3,(H2,86,108)(H,95,113)(H,96,105)(H,97,110)(H,98,114)(H,99,116)(H,100,109)(H,101,112)(H,102,111)(H,103,115)(H,104,117)(H,106,107)(H4,87,88,91)(H4,89,90,92)/t53-,54-,62-,63-,64-,65-,66-,67-,68-,69-,72-/m0/s1. The molecule has 11 amide bonds. The molecule has 11 atom stereocenters. The summed E-state index contributed by atoms with van der Waals surface area (Å²) in [5, 5.41) is 38.9. The number of carbonyl (C=O) groups is 12. The number of carboxylic acids is 1. The van der Waals surface area contributed by atoms with Gasteiger partial charge in [0.15, 0.2) is 11.9 Å². The second-order valence-corrected chi connectivity index (χ2v) is 30.8. The lowest BCUT2D eigenvalue weighted by molar-refractivity contribution is -0.141. The number of nitrogens with two attached hydrogens (primary N) is 6. The maximum atomic E-state index is 15.0. The molecule has 0 aliphatic carbocycles. The molecule has 2 heterocycles. The second kappa shape index (κ2) is 52.5. The summed E-state index contributed by atoms with van der Waals surface area (Å²) in [6.45, 7) is 10.9. The molecule has 0 aliphatic heterocycles. The van der Waals surface area contributed by atoms with Crippen LogP contribution in [0.5, 0.6) is 0 Å². The van der Waals surface area contributed by atoms with Gasteiger partial charge >= 0.3 is 5.97 Å². The molecule has 0 saturated carbocycles. The molecule has 0 radical (unpaired) electrons. The van der Waals surface area contributed by atoms with E-state index in [1.807, 2.05) is 49.4 Å². The summed E-state index contributed by atoms with van der Waals surface area (Å²) < 4.78 is 0. The molecular weight excluding hydrogens is 1500 g/mol. The van der Waals surface area contributed by atoms with Crippen LogP contribution in [0, 0.1) is 11.8 Å². The summed E-state index contributed by atoms with van der Waals surface area (Å²) in [6, 6.07) is 9.30. The SMILES string of the molecule is CCCCCCCCCCCCCCCC(=O)N[C@@H](Cc1c[nH]c2ccccc12)C(=O)N[C@@H](CC(=O)O)C(=O)N[C@@H](CCCN=C(N)N)C(=O)N[C@@H](CC(C)C)C(=O)N[C@@H](CCCN=C(N)N)C(=O)N[C@@H](CCCCN)C(=O)N[C@@H](Cc1c[nH]c2ccccc12)C(=O)N[C@@H](C)C(=O)N[C@@H](Cc1ccccc1)C(=O)N[C@H](C(N)=O)[C@@H](C)CC. The highest BCUT2D eigenvalue weighted by Gasteiger charge is 2.37. The maximum absolute atomic E-state index is 15.0. The van der Waals surface area contributed by atoms with Crippen LogP contribution in [0.1, 0.15) is 212 Å². The molecular formula is C84H130N20O13. The van der Waals surface area contributed by atoms with Crippen LogP contribution in [0.3, 0.4) is 0 Å². The molecule has 3 aromatic carbocycles. The molecule has 5 aromatic rings. The van der Waals surface area contributed by atoms with E-state index in [4.69, 9.17) is 34.4 Å². The lowest BCUT2D eigenvalue weighted by Crippen LogP contribution is -2.61. The maximum Gasteiger partial charge on any atom is 0.305 e. The van der Waals surface area contributed by atoms with E-state index >= 15 is 4.79 Å². The fourth-order valence-electron chi connectivity index (χ4n) is 13.8. The van der Waals surface area contributed by atoms with E-state index in [1.165, 1.54) is 51.9 Å². The summed E-state index contributed by atoms with van der Waals surface area (Å²) in [7, 11) is 0. The Balaban J connectivity index is 1.39. The van der Waals surface area contributed by atoms with Gasteiger partial charge in [0.05, 0.1) is 6.42 Å². The van der Waals surface area contributed by atoms with Crippen molar-refractivity contribution in [2.45, 2.75) is 275 Å². The summed E-state index contributed by atoms with van der Waals surface area (Å²) in [6.07, 6.45) is 17.6. The number of primary amides is 1. The van der Waals surface area contributed by atoms with Crippen molar-refractivity contribution >= 4 is 105 Å². The van der Waals surface area contributed by atoms with Gasteiger partial charge in [-0.2, -0.15) is 0 Å². The van der Waals surface area contributed by atoms with Gasteiger partial charge in [0.25, 0.3) is 0 Å². The number of unbranched alkanes of at least 4 members (excludes halogenated alkanes) is 13. The number of para-hydroxylation sites is 2. The van der Waals surface area contributed by atoms with Crippen molar-refractivity contribution in [1.29, 1.82) is 0 Å². The number of guanidine groups is 2. The van der Waals surface area contributed by atoms with Crippen LogP contribution >= 0.6 is 0 Å². The quantitative estimate of drug-likeness (QED) is 0.0146. The number of nitrogens with one attached hydrogen (secondary N) is 12. The van der Waals surface area contributed by atoms with Gasteiger partial charge in [-0.05, 0) is 112 Å². The lowest BCUT2D eigenvalue weighted by Gasteiger charge is -2.28. The second-order valence-electron chi connectivity index (χ2n) is 30.8. The van der Waals surface area contributed by atoms with Crippen molar-refractivity contribution in [3.05, 3.63) is 108 Å². The van der Waals surface area contributed by atoms with Gasteiger partial charge in [0.1, 0.15) is 60.4 Å². The number of fused-ring (bicyclic) bond motifs is 2. The molecule has 0 bridgehead atoms. The van der Waals surface area contributed by atoms with Crippen LogP contribution in [0.15, 0.2) is 101 Å². The molecule has 33 heteroatoms. The van der Waals surface area contributed by atoms with Gasteiger partial charge in [-0.15, -0.1) is 0 Å². The zero-order chi connectivity index (χ0) is 85.8. The van der Waals surface area contributed by atoms with Gasteiger partial charge in [0, 0.05) is 73.0 Å². The van der Waals surface area contributed by atoms with Gasteiger partial charge in [-0.25, -0.2) is 0 Å². The minimum atomic E-state index is -1.82. The number of nitrogens with zero attached hydrogens (tertiary/aromatic N) is 2. The highest BCUT2D eigenvalue weighted by Crippen LogP contribution is 2.23. The molecule has 0 saturated heterocycles. The fraction of sp³-hybridized carbons (Fsp3) is 0.571. The summed E-state index contributed by atoms with van der Waals surface area (Å²) in [5.41, 5.74) is 37.7. The summed E-state index contributed by atoms with van der Waals surface area (Å²) in [4.78, 5) is 185. The summed E-state index contributed by atoms with van der Waals surface area (Å²) >= 11 is 0. The third-order valence-electron chi connectivity index (χ3n) is 20.6. The number of aliphatic imine (C=N–C) groups is 2. The first kappa shape index (κ1) is 96.5. The van der Waals surface area contributed by atoms with Crippen molar-refractivity contribution in [2.24, 2.45) is 56.2 Å². The van der Waals surface area contributed by atoms with Gasteiger partial charge in [-0.3, -0.25) is 67.5 Å². The Morgan fingerprint density at radius 2 is 0.803 bits per heavy atom. The van der Waals surface area contributed by atoms with Crippen molar-refractivity contribution in [1.82, 2.24) is 63.1 Å². The highest BCUT2D eigenvalue weighted by atomic mass is 16.4. The Kier molecular flexibility index (Phi) is 43.3. The van der Waals surface area contributed by atoms with E-state index in [0.717, 1.165) is 43.0 Å². The Morgan fingerprint density at radius 1 is 0.410 bits per heavy atom.